The normalized spacial score (nSPS) is 14.4. The zero-order chi connectivity index (χ0) is 11.8. The van der Waals surface area contributed by atoms with E-state index >= 15 is 0 Å². The minimum atomic E-state index is -0.520. The molecule has 0 unspecified atom stereocenters. The standard InChI is InChI=1S/C13H17NO2/c1-13(2,14-3)12(15)10-4-5-11-9(8-10)6-7-16-11/h4-5,8,14H,6-7H2,1-3H3. The summed E-state index contributed by atoms with van der Waals surface area (Å²) in [6.07, 6.45) is 0.899. The molecule has 16 heavy (non-hydrogen) atoms. The van der Waals surface area contributed by atoms with Crippen molar-refractivity contribution in [3.8, 4) is 5.75 Å². The third kappa shape index (κ3) is 1.83. The van der Waals surface area contributed by atoms with Gasteiger partial charge >= 0.3 is 0 Å². The maximum absolute atomic E-state index is 12.2. The summed E-state index contributed by atoms with van der Waals surface area (Å²) in [6.45, 7) is 4.50. The van der Waals surface area contributed by atoms with Gasteiger partial charge in [-0.1, -0.05) is 0 Å². The summed E-state index contributed by atoms with van der Waals surface area (Å²) in [5.41, 5.74) is 1.37. The Hall–Kier alpha value is -1.35. The van der Waals surface area contributed by atoms with Crippen LogP contribution in [0.5, 0.6) is 5.75 Å². The Morgan fingerprint density at radius 1 is 1.44 bits per heavy atom. The van der Waals surface area contributed by atoms with Crippen LogP contribution in [0, 0.1) is 0 Å². The van der Waals surface area contributed by atoms with Crippen LogP contribution in [0.1, 0.15) is 29.8 Å². The monoisotopic (exact) mass is 219 g/mol. The van der Waals surface area contributed by atoms with Crippen LogP contribution in [0.3, 0.4) is 0 Å². The zero-order valence-electron chi connectivity index (χ0n) is 9.96. The lowest BCUT2D eigenvalue weighted by Crippen LogP contribution is -2.44. The average molecular weight is 219 g/mol. The molecule has 0 saturated heterocycles. The highest BCUT2D eigenvalue weighted by molar-refractivity contribution is 6.03. The van der Waals surface area contributed by atoms with Crippen LogP contribution < -0.4 is 10.1 Å². The van der Waals surface area contributed by atoms with E-state index < -0.39 is 5.54 Å². The molecule has 0 bridgehead atoms. The Labute approximate surface area is 95.8 Å². The van der Waals surface area contributed by atoms with E-state index in [4.69, 9.17) is 4.74 Å². The topological polar surface area (TPSA) is 38.3 Å². The smallest absolute Gasteiger partial charge is 0.182 e. The molecule has 0 spiro atoms. The van der Waals surface area contributed by atoms with Gasteiger partial charge in [0.05, 0.1) is 12.1 Å². The summed E-state index contributed by atoms with van der Waals surface area (Å²) in [5.74, 6) is 1.03. The molecule has 86 valence electrons. The van der Waals surface area contributed by atoms with Crippen LogP contribution in [0.25, 0.3) is 0 Å². The minimum absolute atomic E-state index is 0.115. The van der Waals surface area contributed by atoms with Crippen molar-refractivity contribution < 1.29 is 9.53 Å². The first kappa shape index (κ1) is 11.1. The van der Waals surface area contributed by atoms with Gasteiger partial charge in [-0.2, -0.15) is 0 Å². The Kier molecular flexibility index (Phi) is 2.72. The lowest BCUT2D eigenvalue weighted by atomic mass is 9.92. The Balaban J connectivity index is 2.32. The van der Waals surface area contributed by atoms with E-state index in [1.807, 2.05) is 32.0 Å². The molecular formula is C13H17NO2. The second-order valence-corrected chi connectivity index (χ2v) is 4.63. The number of benzene rings is 1. The van der Waals surface area contributed by atoms with Gasteiger partial charge in [0, 0.05) is 12.0 Å². The quantitative estimate of drug-likeness (QED) is 0.788. The van der Waals surface area contributed by atoms with E-state index in [2.05, 4.69) is 5.32 Å². The highest BCUT2D eigenvalue weighted by atomic mass is 16.5. The number of ketones is 1. The molecular weight excluding hydrogens is 202 g/mol. The largest absolute Gasteiger partial charge is 0.493 e. The van der Waals surface area contributed by atoms with E-state index in [1.165, 1.54) is 0 Å². The molecule has 2 rings (SSSR count). The van der Waals surface area contributed by atoms with E-state index in [-0.39, 0.29) is 5.78 Å². The van der Waals surface area contributed by atoms with E-state index in [1.54, 1.807) is 7.05 Å². The van der Waals surface area contributed by atoms with Crippen molar-refractivity contribution in [1.29, 1.82) is 0 Å². The van der Waals surface area contributed by atoms with Crippen LogP contribution in [-0.2, 0) is 6.42 Å². The molecule has 0 aliphatic carbocycles. The third-order valence-corrected chi connectivity index (χ3v) is 3.14. The molecule has 3 heteroatoms. The Morgan fingerprint density at radius 3 is 2.88 bits per heavy atom. The van der Waals surface area contributed by atoms with Crippen molar-refractivity contribution in [2.75, 3.05) is 13.7 Å². The lowest BCUT2D eigenvalue weighted by Gasteiger charge is -2.22. The van der Waals surface area contributed by atoms with Gasteiger partial charge in [0.25, 0.3) is 0 Å². The number of likely N-dealkylation sites (N-methyl/N-ethyl adjacent to an activating group) is 1. The molecule has 0 radical (unpaired) electrons. The molecule has 1 aliphatic heterocycles. The fraction of sp³-hybridized carbons (Fsp3) is 0.462. The summed E-state index contributed by atoms with van der Waals surface area (Å²) in [4.78, 5) is 12.2. The second kappa shape index (κ2) is 3.91. The number of Topliss-reactive ketones (excluding diaryl/α,β-unsaturated/α-hetero) is 1. The second-order valence-electron chi connectivity index (χ2n) is 4.63. The molecule has 0 amide bonds. The minimum Gasteiger partial charge on any atom is -0.493 e. The Bertz CT molecular complexity index is 424. The van der Waals surface area contributed by atoms with Crippen molar-refractivity contribution >= 4 is 5.78 Å². The fourth-order valence-corrected chi connectivity index (χ4v) is 1.80. The van der Waals surface area contributed by atoms with Crippen LogP contribution in [0.2, 0.25) is 0 Å². The van der Waals surface area contributed by atoms with E-state index in [0.717, 1.165) is 29.9 Å². The first-order valence-corrected chi connectivity index (χ1v) is 5.54. The first-order valence-electron chi connectivity index (χ1n) is 5.54. The lowest BCUT2D eigenvalue weighted by molar-refractivity contribution is 0.0889. The summed E-state index contributed by atoms with van der Waals surface area (Å²) in [6, 6.07) is 5.68. The molecule has 3 nitrogen and oxygen atoms in total. The first-order chi connectivity index (χ1) is 7.54. The van der Waals surface area contributed by atoms with Gasteiger partial charge in [-0.05, 0) is 44.7 Å². The molecule has 0 atom stereocenters. The molecule has 0 fully saturated rings. The maximum Gasteiger partial charge on any atom is 0.182 e. The average Bonchev–Trinajstić information content (AvgIpc) is 2.74. The van der Waals surface area contributed by atoms with Crippen molar-refractivity contribution in [3.05, 3.63) is 29.3 Å². The van der Waals surface area contributed by atoms with Crippen LogP contribution in [0.4, 0.5) is 0 Å². The summed E-state index contributed by atoms with van der Waals surface area (Å²) >= 11 is 0. The number of rotatable bonds is 3. The number of carbonyl (C=O) groups is 1. The molecule has 1 aromatic rings. The molecule has 1 N–H and O–H groups in total. The summed E-state index contributed by atoms with van der Waals surface area (Å²) in [7, 11) is 1.80. The van der Waals surface area contributed by atoms with Crippen molar-refractivity contribution in [2.24, 2.45) is 0 Å². The van der Waals surface area contributed by atoms with Gasteiger partial charge in [0.1, 0.15) is 5.75 Å². The maximum atomic E-state index is 12.2. The molecule has 0 aromatic heterocycles. The van der Waals surface area contributed by atoms with Crippen LogP contribution in [-0.4, -0.2) is 25.0 Å². The molecule has 1 heterocycles. The van der Waals surface area contributed by atoms with Gasteiger partial charge in [0.2, 0.25) is 0 Å². The van der Waals surface area contributed by atoms with Gasteiger partial charge in [-0.15, -0.1) is 0 Å². The van der Waals surface area contributed by atoms with Crippen LogP contribution in [0.15, 0.2) is 18.2 Å². The number of ether oxygens (including phenoxy) is 1. The molecule has 0 saturated carbocycles. The van der Waals surface area contributed by atoms with E-state index in [0.29, 0.717) is 0 Å². The van der Waals surface area contributed by atoms with Crippen molar-refractivity contribution in [3.63, 3.8) is 0 Å². The van der Waals surface area contributed by atoms with Crippen LogP contribution >= 0.6 is 0 Å². The highest BCUT2D eigenvalue weighted by Gasteiger charge is 2.27. The van der Waals surface area contributed by atoms with E-state index in [9.17, 15) is 4.79 Å². The molecule has 1 aromatic carbocycles. The van der Waals surface area contributed by atoms with Gasteiger partial charge < -0.3 is 10.1 Å². The zero-order valence-corrected chi connectivity index (χ0v) is 9.96. The number of hydrogen-bond donors (Lipinski definition) is 1. The number of nitrogens with one attached hydrogen (secondary N) is 1. The number of fused-ring (bicyclic) bond motifs is 1. The summed E-state index contributed by atoms with van der Waals surface area (Å²) < 4.78 is 5.42. The van der Waals surface area contributed by atoms with Gasteiger partial charge in [0.15, 0.2) is 5.78 Å². The van der Waals surface area contributed by atoms with Crippen molar-refractivity contribution in [2.45, 2.75) is 25.8 Å². The Morgan fingerprint density at radius 2 is 2.19 bits per heavy atom. The predicted molar refractivity (Wildman–Crippen MR) is 63.1 cm³/mol. The predicted octanol–water partition coefficient (Wildman–Crippen LogP) is 1.80. The van der Waals surface area contributed by atoms with Gasteiger partial charge in [-0.25, -0.2) is 0 Å². The SMILES string of the molecule is CNC(C)(C)C(=O)c1ccc2c(c1)CCO2. The summed E-state index contributed by atoms with van der Waals surface area (Å²) in [5, 5.41) is 3.03. The van der Waals surface area contributed by atoms with Crippen molar-refractivity contribution in [1.82, 2.24) is 5.32 Å². The highest BCUT2D eigenvalue weighted by Crippen LogP contribution is 2.27. The number of carbonyl (C=O) groups excluding carboxylic acids is 1. The molecule has 1 aliphatic rings. The number of hydrogen-bond acceptors (Lipinski definition) is 3. The fourth-order valence-electron chi connectivity index (χ4n) is 1.80. The third-order valence-electron chi connectivity index (χ3n) is 3.14. The van der Waals surface area contributed by atoms with Gasteiger partial charge in [-0.3, -0.25) is 4.79 Å².